The van der Waals surface area contributed by atoms with Crippen molar-refractivity contribution in [3.63, 3.8) is 0 Å². The van der Waals surface area contributed by atoms with E-state index in [4.69, 9.17) is 10.5 Å². The van der Waals surface area contributed by atoms with Gasteiger partial charge in [-0.1, -0.05) is 13.8 Å². The Labute approximate surface area is 107 Å². The fraction of sp³-hybridized carbons (Fsp3) is 0.462. The van der Waals surface area contributed by atoms with Gasteiger partial charge in [-0.25, -0.2) is 4.39 Å². The molecular weight excluding hydrogens is 235 g/mol. The highest BCUT2D eigenvalue weighted by atomic mass is 19.1. The van der Waals surface area contributed by atoms with Crippen molar-refractivity contribution >= 4 is 11.6 Å². The molecule has 0 bridgehead atoms. The second-order valence-electron chi connectivity index (χ2n) is 4.49. The predicted octanol–water partition coefficient (Wildman–Crippen LogP) is 1.78. The minimum absolute atomic E-state index is 0.0306. The van der Waals surface area contributed by atoms with E-state index in [0.29, 0.717) is 5.69 Å². The van der Waals surface area contributed by atoms with E-state index in [9.17, 15) is 9.18 Å². The number of nitrogens with two attached hydrogens (primary N) is 1. The van der Waals surface area contributed by atoms with E-state index < -0.39 is 11.9 Å². The lowest BCUT2D eigenvalue weighted by molar-refractivity contribution is -0.120. The zero-order chi connectivity index (χ0) is 13.9. The van der Waals surface area contributed by atoms with Crippen LogP contribution in [0.5, 0.6) is 5.75 Å². The minimum Gasteiger partial charge on any atom is -0.494 e. The van der Waals surface area contributed by atoms with E-state index >= 15 is 0 Å². The molecule has 0 radical (unpaired) electrons. The number of methoxy groups -OCH3 is 1. The quantitative estimate of drug-likeness (QED) is 0.891. The second-order valence-corrected chi connectivity index (χ2v) is 4.49. The normalized spacial score (nSPS) is 12.4. The van der Waals surface area contributed by atoms with Gasteiger partial charge in [0.15, 0.2) is 11.6 Å². The molecule has 0 aliphatic carbocycles. The van der Waals surface area contributed by atoms with E-state index in [2.05, 4.69) is 0 Å². The molecule has 0 heterocycles. The number of halogens is 1. The van der Waals surface area contributed by atoms with Crippen molar-refractivity contribution in [1.82, 2.24) is 0 Å². The van der Waals surface area contributed by atoms with Crippen molar-refractivity contribution in [2.24, 2.45) is 11.7 Å². The van der Waals surface area contributed by atoms with Crippen LogP contribution in [-0.4, -0.2) is 26.1 Å². The van der Waals surface area contributed by atoms with Crippen molar-refractivity contribution in [3.05, 3.63) is 24.0 Å². The molecule has 5 heteroatoms. The Morgan fingerprint density at radius 1 is 1.44 bits per heavy atom. The van der Waals surface area contributed by atoms with Crippen LogP contribution < -0.4 is 15.4 Å². The van der Waals surface area contributed by atoms with Crippen molar-refractivity contribution in [2.75, 3.05) is 19.1 Å². The summed E-state index contributed by atoms with van der Waals surface area (Å²) in [6.45, 7) is 3.73. The van der Waals surface area contributed by atoms with Crippen molar-refractivity contribution < 1.29 is 13.9 Å². The molecule has 0 aromatic heterocycles. The van der Waals surface area contributed by atoms with Gasteiger partial charge in [-0.05, 0) is 18.1 Å². The summed E-state index contributed by atoms with van der Waals surface area (Å²) in [7, 11) is 2.97. The predicted molar refractivity (Wildman–Crippen MR) is 69.2 cm³/mol. The molecule has 0 aliphatic rings. The van der Waals surface area contributed by atoms with Crippen molar-refractivity contribution in [1.29, 1.82) is 0 Å². The fourth-order valence-corrected chi connectivity index (χ4v) is 1.50. The largest absolute Gasteiger partial charge is 0.494 e. The summed E-state index contributed by atoms with van der Waals surface area (Å²) in [5, 5.41) is 0. The van der Waals surface area contributed by atoms with Crippen LogP contribution in [0.25, 0.3) is 0 Å². The monoisotopic (exact) mass is 254 g/mol. The van der Waals surface area contributed by atoms with Crippen molar-refractivity contribution in [2.45, 2.75) is 19.9 Å². The molecule has 1 amide bonds. The van der Waals surface area contributed by atoms with Gasteiger partial charge in [0.2, 0.25) is 5.91 Å². The smallest absolute Gasteiger partial charge is 0.243 e. The average molecular weight is 254 g/mol. The van der Waals surface area contributed by atoms with Crippen LogP contribution in [0, 0.1) is 11.7 Å². The lowest BCUT2D eigenvalue weighted by Crippen LogP contribution is -2.45. The van der Waals surface area contributed by atoms with Gasteiger partial charge in [0.25, 0.3) is 0 Å². The summed E-state index contributed by atoms with van der Waals surface area (Å²) in [5.74, 6) is -0.571. The molecule has 0 unspecified atom stereocenters. The molecule has 1 atom stereocenters. The van der Waals surface area contributed by atoms with Gasteiger partial charge in [0.05, 0.1) is 13.2 Å². The molecular formula is C13H19FN2O2. The Bertz CT molecular complexity index is 435. The van der Waals surface area contributed by atoms with Crippen LogP contribution in [-0.2, 0) is 4.79 Å². The van der Waals surface area contributed by atoms with Crippen LogP contribution in [0.2, 0.25) is 0 Å². The highest BCUT2D eigenvalue weighted by Gasteiger charge is 2.22. The molecule has 1 rings (SSSR count). The first-order chi connectivity index (χ1) is 8.38. The summed E-state index contributed by atoms with van der Waals surface area (Å²) >= 11 is 0. The minimum atomic E-state index is -0.597. The number of benzene rings is 1. The second kappa shape index (κ2) is 5.82. The maximum absolute atomic E-state index is 13.5. The highest BCUT2D eigenvalue weighted by molar-refractivity contribution is 5.96. The van der Waals surface area contributed by atoms with Crippen LogP contribution >= 0.6 is 0 Å². The zero-order valence-electron chi connectivity index (χ0n) is 11.1. The van der Waals surface area contributed by atoms with E-state index in [0.717, 1.165) is 0 Å². The van der Waals surface area contributed by atoms with Gasteiger partial charge in [-0.2, -0.15) is 0 Å². The Hall–Kier alpha value is -1.62. The number of anilines is 1. The lowest BCUT2D eigenvalue weighted by atomic mass is 10.0. The van der Waals surface area contributed by atoms with E-state index in [1.807, 2.05) is 13.8 Å². The van der Waals surface area contributed by atoms with E-state index in [1.165, 1.54) is 24.1 Å². The van der Waals surface area contributed by atoms with E-state index in [1.54, 1.807) is 13.1 Å². The first-order valence-corrected chi connectivity index (χ1v) is 5.75. The Kier molecular flexibility index (Phi) is 4.67. The van der Waals surface area contributed by atoms with Crippen molar-refractivity contribution in [3.8, 4) is 5.75 Å². The number of hydrogen-bond donors (Lipinski definition) is 1. The molecule has 100 valence electrons. The van der Waals surface area contributed by atoms with Gasteiger partial charge in [0.1, 0.15) is 0 Å². The van der Waals surface area contributed by atoms with Gasteiger partial charge in [-0.15, -0.1) is 0 Å². The Morgan fingerprint density at radius 3 is 2.50 bits per heavy atom. The molecule has 1 aromatic rings. The number of hydrogen-bond acceptors (Lipinski definition) is 3. The number of amides is 1. The molecule has 0 aliphatic heterocycles. The maximum Gasteiger partial charge on any atom is 0.243 e. The molecule has 1 aromatic carbocycles. The third-order valence-electron chi connectivity index (χ3n) is 2.86. The standard InChI is InChI=1S/C13H19FN2O2/c1-8(2)12(15)13(17)16(3)9-5-6-11(18-4)10(14)7-9/h5-8,12H,15H2,1-4H3/t12-/m0/s1. The number of rotatable bonds is 4. The number of ether oxygens (including phenoxy) is 1. The van der Waals surface area contributed by atoms with Gasteiger partial charge < -0.3 is 15.4 Å². The molecule has 0 spiro atoms. The van der Waals surface area contributed by atoms with Crippen LogP contribution in [0.4, 0.5) is 10.1 Å². The third-order valence-corrected chi connectivity index (χ3v) is 2.86. The van der Waals surface area contributed by atoms with Crippen LogP contribution in [0.1, 0.15) is 13.8 Å². The maximum atomic E-state index is 13.5. The first kappa shape index (κ1) is 14.4. The summed E-state index contributed by atoms with van der Waals surface area (Å²) in [4.78, 5) is 13.4. The van der Waals surface area contributed by atoms with Crippen LogP contribution in [0.3, 0.4) is 0 Å². The summed E-state index contributed by atoms with van der Waals surface area (Å²) in [6.07, 6.45) is 0. The molecule has 2 N–H and O–H groups in total. The molecule has 0 fully saturated rings. The number of nitrogens with zero attached hydrogens (tertiary/aromatic N) is 1. The average Bonchev–Trinajstić information content (AvgIpc) is 2.35. The Morgan fingerprint density at radius 2 is 2.06 bits per heavy atom. The van der Waals surface area contributed by atoms with Gasteiger partial charge in [-0.3, -0.25) is 4.79 Å². The summed E-state index contributed by atoms with van der Waals surface area (Å²) in [5.41, 5.74) is 6.24. The number of carbonyl (C=O) groups is 1. The van der Waals surface area contributed by atoms with Gasteiger partial charge in [0, 0.05) is 18.8 Å². The first-order valence-electron chi connectivity index (χ1n) is 5.75. The summed E-state index contributed by atoms with van der Waals surface area (Å²) in [6, 6.07) is 3.76. The topological polar surface area (TPSA) is 55.6 Å². The number of carbonyl (C=O) groups excluding carboxylic acids is 1. The Balaban J connectivity index is 2.94. The van der Waals surface area contributed by atoms with E-state index in [-0.39, 0.29) is 17.6 Å². The van der Waals surface area contributed by atoms with Crippen LogP contribution in [0.15, 0.2) is 18.2 Å². The molecule has 0 saturated heterocycles. The van der Waals surface area contributed by atoms with Gasteiger partial charge >= 0.3 is 0 Å². The summed E-state index contributed by atoms with van der Waals surface area (Å²) < 4.78 is 18.4. The molecule has 4 nitrogen and oxygen atoms in total. The molecule has 0 saturated carbocycles. The zero-order valence-corrected chi connectivity index (χ0v) is 11.1. The number of likely N-dealkylation sites (N-methyl/N-ethyl adjacent to an activating group) is 1. The highest BCUT2D eigenvalue weighted by Crippen LogP contribution is 2.23. The third kappa shape index (κ3) is 2.98. The fourth-order valence-electron chi connectivity index (χ4n) is 1.50. The molecule has 18 heavy (non-hydrogen) atoms. The lowest BCUT2D eigenvalue weighted by Gasteiger charge is -2.23. The SMILES string of the molecule is COc1ccc(N(C)C(=O)[C@@H](N)C(C)C)cc1F.